The zero-order valence-corrected chi connectivity index (χ0v) is 40.7. The molecule has 0 bridgehead atoms. The Morgan fingerprint density at radius 2 is 0.836 bits per heavy atom. The number of nitrogens with zero attached hydrogens (tertiary/aromatic N) is 1. The fourth-order valence-corrected chi connectivity index (χ4v) is 13.8. The van der Waals surface area contributed by atoms with Crippen molar-refractivity contribution in [3.05, 3.63) is 316 Å². The molecule has 0 saturated carbocycles. The topological polar surface area (TPSA) is 16.4 Å². The van der Waals surface area contributed by atoms with Gasteiger partial charge in [0.05, 0.1) is 16.5 Å². The highest BCUT2D eigenvalue weighted by Gasteiger charge is 2.58. The lowest BCUT2D eigenvalue weighted by Gasteiger charge is -2.50. The third-order valence-electron chi connectivity index (χ3n) is 16.8. The van der Waals surface area contributed by atoms with E-state index in [2.05, 4.69) is 274 Å². The molecule has 3 aliphatic rings. The van der Waals surface area contributed by atoms with Crippen LogP contribution < -0.4 is 4.90 Å². The van der Waals surface area contributed by atoms with Crippen molar-refractivity contribution < 1.29 is 4.42 Å². The molecular weight excluding hydrogens is 883 g/mol. The van der Waals surface area contributed by atoms with Crippen molar-refractivity contribution in [1.29, 1.82) is 0 Å². The quantitative estimate of drug-likeness (QED) is 0.158. The largest absolute Gasteiger partial charge is 0.455 e. The zero-order chi connectivity index (χ0) is 48.5. The van der Waals surface area contributed by atoms with Gasteiger partial charge >= 0.3 is 0 Å². The van der Waals surface area contributed by atoms with Gasteiger partial charge in [-0.15, -0.1) is 0 Å². The predicted molar refractivity (Wildman–Crippen MR) is 301 cm³/mol. The van der Waals surface area contributed by atoms with Gasteiger partial charge in [-0.25, -0.2) is 0 Å². The third-order valence-corrected chi connectivity index (χ3v) is 16.8. The van der Waals surface area contributed by atoms with Crippen molar-refractivity contribution >= 4 is 39.0 Å². The van der Waals surface area contributed by atoms with Crippen molar-refractivity contribution in [2.24, 2.45) is 0 Å². The summed E-state index contributed by atoms with van der Waals surface area (Å²) in [7, 11) is 0. The van der Waals surface area contributed by atoms with Crippen LogP contribution in [0.4, 0.5) is 17.1 Å². The Hall–Kier alpha value is -8.98. The summed E-state index contributed by atoms with van der Waals surface area (Å²) in [6.07, 6.45) is 0. The van der Waals surface area contributed by atoms with Gasteiger partial charge < -0.3 is 9.32 Å². The van der Waals surface area contributed by atoms with Crippen LogP contribution >= 0.6 is 0 Å². The van der Waals surface area contributed by atoms with E-state index in [0.717, 1.165) is 50.1 Å². The molecule has 2 atom stereocenters. The van der Waals surface area contributed by atoms with Gasteiger partial charge in [-0.1, -0.05) is 238 Å². The molecule has 2 unspecified atom stereocenters. The van der Waals surface area contributed by atoms with Crippen LogP contribution in [-0.4, -0.2) is 0 Å². The molecule has 1 aromatic heterocycles. The molecule has 0 amide bonds. The van der Waals surface area contributed by atoms with Crippen molar-refractivity contribution in [3.63, 3.8) is 0 Å². The van der Waals surface area contributed by atoms with Gasteiger partial charge in [-0.2, -0.15) is 0 Å². The SMILES string of the molecule is CC1(C)c2ccccc2-c2ccc(N(c3ccc(-c4cccc5c4oc4ccccc45)cc3)c3ccccc3C3(c4ccccc4)c4ccccc4C4(c5ccccc5)c5ccccc5-c5cccc3c54)cc21. The van der Waals surface area contributed by atoms with Crippen molar-refractivity contribution in [2.75, 3.05) is 4.90 Å². The molecule has 0 radical (unpaired) electrons. The summed E-state index contributed by atoms with van der Waals surface area (Å²) in [4.78, 5) is 2.53. The Balaban J connectivity index is 1.02. The highest BCUT2D eigenvalue weighted by atomic mass is 16.3. The van der Waals surface area contributed by atoms with E-state index in [0.29, 0.717) is 0 Å². The normalized spacial score (nSPS) is 17.4. The van der Waals surface area contributed by atoms with Crippen LogP contribution in [0.5, 0.6) is 0 Å². The number of para-hydroxylation sites is 3. The highest BCUT2D eigenvalue weighted by molar-refractivity contribution is 6.09. The Morgan fingerprint density at radius 1 is 0.329 bits per heavy atom. The standard InChI is InChI=1S/C71H49NO/c1-69(2)58-31-12-9-25-52(58)54-44-43-50(45-64(54)69)72(49-41-39-46(40-42-49)51-28-19-30-57-55-27-11-18-38-66(55)73-68(51)57)65-37-17-16-35-62(65)70(47-21-5-3-6-22-47)60-33-14-15-34-61(60)71(48-23-7-4-8-24-48)59-32-13-10-26-53(59)56-29-20-36-63(70)67(56)71/h3-45H,1-2H3. The first-order valence-corrected chi connectivity index (χ1v) is 25.6. The number of fused-ring (bicyclic) bond motifs is 11. The summed E-state index contributed by atoms with van der Waals surface area (Å²) in [5, 5.41) is 2.26. The van der Waals surface area contributed by atoms with Gasteiger partial charge in [0.1, 0.15) is 11.2 Å². The average Bonchev–Trinajstić information content (AvgIpc) is 4.08. The van der Waals surface area contributed by atoms with E-state index in [-0.39, 0.29) is 5.41 Å². The van der Waals surface area contributed by atoms with Gasteiger partial charge in [0.15, 0.2) is 0 Å². The lowest BCUT2D eigenvalue weighted by Crippen LogP contribution is -2.44. The van der Waals surface area contributed by atoms with E-state index in [1.54, 1.807) is 0 Å². The minimum atomic E-state index is -0.762. The molecule has 344 valence electrons. The van der Waals surface area contributed by atoms with Gasteiger partial charge in [-0.3, -0.25) is 0 Å². The van der Waals surface area contributed by atoms with E-state index in [1.165, 1.54) is 77.9 Å². The first-order chi connectivity index (χ1) is 36.0. The highest BCUT2D eigenvalue weighted by Crippen LogP contribution is 2.67. The molecule has 12 aromatic rings. The molecule has 0 saturated heterocycles. The van der Waals surface area contributed by atoms with E-state index in [1.807, 2.05) is 6.07 Å². The van der Waals surface area contributed by atoms with Crippen LogP contribution in [0.15, 0.2) is 265 Å². The molecule has 2 nitrogen and oxygen atoms in total. The molecule has 1 heterocycles. The second-order valence-corrected chi connectivity index (χ2v) is 20.6. The number of hydrogen-bond acceptors (Lipinski definition) is 2. The fraction of sp³-hybridized carbons (Fsp3) is 0.0704. The molecule has 0 N–H and O–H groups in total. The molecule has 0 fully saturated rings. The molecule has 3 aliphatic carbocycles. The molecule has 0 aliphatic heterocycles. The van der Waals surface area contributed by atoms with Crippen molar-refractivity contribution in [3.8, 4) is 33.4 Å². The van der Waals surface area contributed by atoms with Crippen molar-refractivity contribution in [2.45, 2.75) is 30.1 Å². The summed E-state index contributed by atoms with van der Waals surface area (Å²) in [5.41, 5.74) is 23.9. The molecule has 2 heteroatoms. The second kappa shape index (κ2) is 15.5. The Labute approximate surface area is 426 Å². The summed E-state index contributed by atoms with van der Waals surface area (Å²) >= 11 is 0. The van der Waals surface area contributed by atoms with Gasteiger partial charge in [-0.05, 0) is 120 Å². The average molecular weight is 932 g/mol. The summed E-state index contributed by atoms with van der Waals surface area (Å²) in [5.74, 6) is 0. The number of furan rings is 1. The first kappa shape index (κ1) is 41.8. The summed E-state index contributed by atoms with van der Waals surface area (Å²) in [6, 6.07) is 97.5. The molecule has 73 heavy (non-hydrogen) atoms. The molecule has 11 aromatic carbocycles. The van der Waals surface area contributed by atoms with Gasteiger partial charge in [0.2, 0.25) is 0 Å². The van der Waals surface area contributed by atoms with Crippen LogP contribution in [0.1, 0.15) is 69.5 Å². The van der Waals surface area contributed by atoms with E-state index in [9.17, 15) is 0 Å². The van der Waals surface area contributed by atoms with Gasteiger partial charge in [0, 0.05) is 33.1 Å². The molecule has 0 spiro atoms. The maximum atomic E-state index is 6.60. The van der Waals surface area contributed by atoms with Crippen LogP contribution in [-0.2, 0) is 16.2 Å². The first-order valence-electron chi connectivity index (χ1n) is 25.6. The zero-order valence-electron chi connectivity index (χ0n) is 40.7. The number of anilines is 3. The minimum Gasteiger partial charge on any atom is -0.455 e. The maximum Gasteiger partial charge on any atom is 0.143 e. The van der Waals surface area contributed by atoms with Gasteiger partial charge in [0.25, 0.3) is 0 Å². The lowest BCUT2D eigenvalue weighted by atomic mass is 9.51. The molecular formula is C71H49NO. The monoisotopic (exact) mass is 931 g/mol. The summed E-state index contributed by atoms with van der Waals surface area (Å²) in [6.45, 7) is 4.76. The van der Waals surface area contributed by atoms with E-state index in [4.69, 9.17) is 4.42 Å². The number of benzene rings is 11. The van der Waals surface area contributed by atoms with Crippen LogP contribution in [0.25, 0.3) is 55.3 Å². The maximum absolute atomic E-state index is 6.60. The fourth-order valence-electron chi connectivity index (χ4n) is 13.8. The molecule has 15 rings (SSSR count). The lowest BCUT2D eigenvalue weighted by molar-refractivity contribution is 0.627. The van der Waals surface area contributed by atoms with Crippen LogP contribution in [0.2, 0.25) is 0 Å². The second-order valence-electron chi connectivity index (χ2n) is 20.6. The Morgan fingerprint density at radius 3 is 1.59 bits per heavy atom. The van der Waals surface area contributed by atoms with E-state index >= 15 is 0 Å². The van der Waals surface area contributed by atoms with Crippen LogP contribution in [0.3, 0.4) is 0 Å². The van der Waals surface area contributed by atoms with Crippen molar-refractivity contribution in [1.82, 2.24) is 0 Å². The Kier molecular flexibility index (Phi) is 8.87. The van der Waals surface area contributed by atoms with E-state index < -0.39 is 10.8 Å². The van der Waals surface area contributed by atoms with Crippen LogP contribution in [0, 0.1) is 0 Å². The predicted octanol–water partition coefficient (Wildman–Crippen LogP) is 18.1. The Bertz CT molecular complexity index is 4180. The number of rotatable bonds is 7. The summed E-state index contributed by atoms with van der Waals surface area (Å²) < 4.78 is 6.60. The smallest absolute Gasteiger partial charge is 0.143 e. The minimum absolute atomic E-state index is 0.198. The third kappa shape index (κ3) is 5.58. The number of hydrogen-bond donors (Lipinski definition) is 0.